The van der Waals surface area contributed by atoms with E-state index >= 15 is 0 Å². The molecule has 0 unspecified atom stereocenters. The molecule has 0 aromatic carbocycles. The van der Waals surface area contributed by atoms with Gasteiger partial charge in [0.2, 0.25) is 12.8 Å². The third-order valence-corrected chi connectivity index (χ3v) is 1.55. The molecule has 0 saturated heterocycles. The van der Waals surface area contributed by atoms with Crippen molar-refractivity contribution >= 4 is 5.57 Å². The van der Waals surface area contributed by atoms with E-state index in [1.54, 1.807) is 0 Å². The van der Waals surface area contributed by atoms with Crippen molar-refractivity contribution in [1.82, 2.24) is 20.4 Å². The van der Waals surface area contributed by atoms with Gasteiger partial charge in [0.15, 0.2) is 0 Å². The van der Waals surface area contributed by atoms with Gasteiger partial charge in [-0.1, -0.05) is 0 Å². The molecule has 78 valence electrons. The first-order chi connectivity index (χ1) is 7.42. The first kappa shape index (κ1) is 9.38. The fraction of sp³-hybridized carbons (Fsp3) is 0.250. The van der Waals surface area contributed by atoms with Gasteiger partial charge in [0.25, 0.3) is 11.8 Å². The van der Waals surface area contributed by atoms with Gasteiger partial charge < -0.3 is 13.6 Å². The third-order valence-electron chi connectivity index (χ3n) is 1.55. The summed E-state index contributed by atoms with van der Waals surface area (Å²) in [5.41, 5.74) is 0.465. The van der Waals surface area contributed by atoms with Crippen LogP contribution in [0.15, 0.2) is 27.9 Å². The van der Waals surface area contributed by atoms with Crippen molar-refractivity contribution < 1.29 is 13.6 Å². The van der Waals surface area contributed by atoms with E-state index in [0.717, 1.165) is 0 Å². The number of aromatic nitrogens is 4. The van der Waals surface area contributed by atoms with Gasteiger partial charge in [-0.25, -0.2) is 0 Å². The molecule has 2 rings (SSSR count). The Morgan fingerprint density at radius 3 is 2.27 bits per heavy atom. The fourth-order valence-electron chi connectivity index (χ4n) is 0.940. The predicted molar refractivity (Wildman–Crippen MR) is 47.3 cm³/mol. The van der Waals surface area contributed by atoms with Crippen molar-refractivity contribution in [3.8, 4) is 0 Å². The summed E-state index contributed by atoms with van der Waals surface area (Å²) in [6.45, 7) is 2.38. The highest BCUT2D eigenvalue weighted by Crippen LogP contribution is 2.18. The Bertz CT molecular complexity index is 384. The van der Waals surface area contributed by atoms with Crippen LogP contribution >= 0.6 is 0 Å². The summed E-state index contributed by atoms with van der Waals surface area (Å²) in [6, 6.07) is 0. The molecule has 0 saturated carbocycles. The van der Waals surface area contributed by atoms with Crippen LogP contribution in [0.4, 0.5) is 0 Å². The van der Waals surface area contributed by atoms with Crippen LogP contribution in [0.3, 0.4) is 0 Å². The number of ether oxygens (including phenoxy) is 1. The Kier molecular flexibility index (Phi) is 2.72. The summed E-state index contributed by atoms with van der Waals surface area (Å²) in [6.07, 6.45) is 3.87. The van der Waals surface area contributed by atoms with Crippen molar-refractivity contribution in [1.29, 1.82) is 0 Å². The third kappa shape index (κ3) is 2.01. The van der Waals surface area contributed by atoms with Crippen LogP contribution in [-0.2, 0) is 4.74 Å². The Morgan fingerprint density at radius 1 is 1.27 bits per heavy atom. The first-order valence-electron chi connectivity index (χ1n) is 4.26. The molecule has 0 radical (unpaired) electrons. The monoisotopic (exact) mass is 208 g/mol. The summed E-state index contributed by atoms with van der Waals surface area (Å²) < 4.78 is 15.2. The molecule has 0 aliphatic rings. The van der Waals surface area contributed by atoms with Crippen molar-refractivity contribution in [3.05, 3.63) is 30.8 Å². The lowest BCUT2D eigenvalue weighted by atomic mass is 10.3. The molecule has 7 heteroatoms. The summed E-state index contributed by atoms with van der Waals surface area (Å²) in [5.74, 6) is 0.542. The van der Waals surface area contributed by atoms with Crippen LogP contribution in [0.1, 0.15) is 18.7 Å². The van der Waals surface area contributed by atoms with Crippen molar-refractivity contribution in [2.45, 2.75) is 6.92 Å². The second-order valence-electron chi connectivity index (χ2n) is 2.47. The molecule has 0 N–H and O–H groups in total. The van der Waals surface area contributed by atoms with Gasteiger partial charge in [0.05, 0.1) is 6.61 Å². The molecular formula is C8H8N4O3. The van der Waals surface area contributed by atoms with E-state index in [-0.39, 0.29) is 11.8 Å². The van der Waals surface area contributed by atoms with E-state index < -0.39 is 0 Å². The van der Waals surface area contributed by atoms with Crippen LogP contribution in [0.5, 0.6) is 0 Å². The molecule has 0 fully saturated rings. The zero-order chi connectivity index (χ0) is 10.5. The zero-order valence-corrected chi connectivity index (χ0v) is 7.95. The maximum atomic E-state index is 5.13. The first-order valence-corrected chi connectivity index (χ1v) is 4.26. The largest absolute Gasteiger partial charge is 0.500 e. The highest BCUT2D eigenvalue weighted by atomic mass is 16.5. The van der Waals surface area contributed by atoms with Gasteiger partial charge in [0, 0.05) is 0 Å². The van der Waals surface area contributed by atoms with Crippen LogP contribution in [-0.4, -0.2) is 27.0 Å². The predicted octanol–water partition coefficient (Wildman–Crippen LogP) is 0.878. The lowest BCUT2D eigenvalue weighted by Crippen LogP contribution is -1.91. The smallest absolute Gasteiger partial charge is 0.256 e. The molecule has 2 aromatic heterocycles. The second-order valence-corrected chi connectivity index (χ2v) is 2.47. The molecule has 0 aliphatic carbocycles. The van der Waals surface area contributed by atoms with Crippen molar-refractivity contribution in [2.24, 2.45) is 0 Å². The molecule has 0 bridgehead atoms. The number of hydrogen-bond donors (Lipinski definition) is 0. The highest BCUT2D eigenvalue weighted by Gasteiger charge is 2.15. The van der Waals surface area contributed by atoms with E-state index in [1.807, 2.05) is 6.92 Å². The molecule has 7 nitrogen and oxygen atoms in total. The van der Waals surface area contributed by atoms with Crippen molar-refractivity contribution in [3.63, 3.8) is 0 Å². The molecular weight excluding hydrogens is 200 g/mol. The average Bonchev–Trinajstić information content (AvgIpc) is 2.90. The topological polar surface area (TPSA) is 87.1 Å². The van der Waals surface area contributed by atoms with Crippen molar-refractivity contribution in [2.75, 3.05) is 6.61 Å². The van der Waals surface area contributed by atoms with E-state index in [2.05, 4.69) is 20.4 Å². The average molecular weight is 208 g/mol. The number of rotatable bonds is 4. The van der Waals surface area contributed by atoms with E-state index in [9.17, 15) is 0 Å². The Morgan fingerprint density at radius 2 is 1.87 bits per heavy atom. The van der Waals surface area contributed by atoms with Crippen LogP contribution in [0.2, 0.25) is 0 Å². The Hall–Kier alpha value is -2.18. The zero-order valence-electron chi connectivity index (χ0n) is 7.95. The maximum Gasteiger partial charge on any atom is 0.256 e. The second kappa shape index (κ2) is 4.36. The van der Waals surface area contributed by atoms with Crippen LogP contribution in [0, 0.1) is 0 Å². The lowest BCUT2D eigenvalue weighted by molar-refractivity contribution is 0.269. The molecule has 2 aromatic rings. The minimum atomic E-state index is 0.271. The minimum Gasteiger partial charge on any atom is -0.500 e. The normalized spacial score (nSPS) is 9.93. The lowest BCUT2D eigenvalue weighted by Gasteiger charge is -1.97. The number of hydrogen-bond acceptors (Lipinski definition) is 7. The maximum absolute atomic E-state index is 5.13. The number of nitrogens with zero attached hydrogens (tertiary/aromatic N) is 4. The Balaban J connectivity index is 2.33. The van der Waals surface area contributed by atoms with Crippen LogP contribution in [0.25, 0.3) is 5.57 Å². The SMILES string of the molecule is CCOC=C(c1nnco1)c1nnco1. The van der Waals surface area contributed by atoms with Gasteiger partial charge in [-0.3, -0.25) is 0 Å². The van der Waals surface area contributed by atoms with Gasteiger partial charge in [-0.15, -0.1) is 20.4 Å². The van der Waals surface area contributed by atoms with Gasteiger partial charge >= 0.3 is 0 Å². The summed E-state index contributed by atoms with van der Waals surface area (Å²) in [4.78, 5) is 0. The minimum absolute atomic E-state index is 0.271. The van der Waals surface area contributed by atoms with Gasteiger partial charge in [-0.2, -0.15) is 0 Å². The summed E-state index contributed by atoms with van der Waals surface area (Å²) in [7, 11) is 0. The molecule has 0 amide bonds. The molecule has 2 heterocycles. The highest BCUT2D eigenvalue weighted by molar-refractivity contribution is 5.68. The Labute approximate surface area is 84.8 Å². The van der Waals surface area contributed by atoms with E-state index in [0.29, 0.717) is 12.2 Å². The van der Waals surface area contributed by atoms with E-state index in [1.165, 1.54) is 19.0 Å². The summed E-state index contributed by atoms with van der Waals surface area (Å²) in [5, 5.41) is 14.6. The summed E-state index contributed by atoms with van der Waals surface area (Å²) >= 11 is 0. The molecule has 0 atom stereocenters. The molecule has 0 aliphatic heterocycles. The van der Waals surface area contributed by atoms with Gasteiger partial charge in [0.1, 0.15) is 11.8 Å². The fourth-order valence-corrected chi connectivity index (χ4v) is 0.940. The molecule has 0 spiro atoms. The van der Waals surface area contributed by atoms with Crippen LogP contribution < -0.4 is 0 Å². The van der Waals surface area contributed by atoms with Gasteiger partial charge in [-0.05, 0) is 6.92 Å². The quantitative estimate of drug-likeness (QED) is 0.689. The standard InChI is InChI=1S/C8H8N4O3/c1-2-13-3-6(7-11-9-4-14-7)8-12-10-5-15-8/h3-5H,2H2,1H3. The van der Waals surface area contributed by atoms with E-state index in [4.69, 9.17) is 13.6 Å². The molecule has 15 heavy (non-hydrogen) atoms.